The molecule has 1 N–H and O–H groups in total. The van der Waals surface area contributed by atoms with Crippen LogP contribution >= 0.6 is 0 Å². The SMILES string of the molecule is C=C1NC(=C)N(Cc2ccc(B3CC(c4ccccc4)C(c4ccccc4)C3)cc2)C=C1F. The second kappa shape index (κ2) is 9.15. The molecule has 3 aromatic carbocycles. The normalized spacial score (nSPS) is 20.6. The second-order valence-corrected chi connectivity index (χ2v) is 9.10. The fourth-order valence-electron chi connectivity index (χ4n) is 5.28. The maximum Gasteiger partial charge on any atom is 0.177 e. The van der Waals surface area contributed by atoms with E-state index in [1.807, 2.05) is 0 Å². The Morgan fingerprint density at radius 2 is 1.36 bits per heavy atom. The van der Waals surface area contributed by atoms with Gasteiger partial charge in [-0.05, 0) is 28.5 Å². The van der Waals surface area contributed by atoms with Crippen LogP contribution in [0.5, 0.6) is 0 Å². The topological polar surface area (TPSA) is 15.3 Å². The molecular formula is C29H28BFN2. The number of halogens is 1. The molecule has 0 spiro atoms. The van der Waals surface area contributed by atoms with Crippen molar-refractivity contribution in [2.45, 2.75) is 31.0 Å². The Balaban J connectivity index is 1.35. The van der Waals surface area contributed by atoms with Crippen LogP contribution in [0, 0.1) is 0 Å². The lowest BCUT2D eigenvalue weighted by Crippen LogP contribution is -2.31. The summed E-state index contributed by atoms with van der Waals surface area (Å²) in [5, 5.41) is 2.89. The quantitative estimate of drug-likeness (QED) is 0.483. The van der Waals surface area contributed by atoms with Crippen LogP contribution in [0.1, 0.15) is 28.5 Å². The van der Waals surface area contributed by atoms with E-state index in [0.717, 1.165) is 18.2 Å². The fourth-order valence-corrected chi connectivity index (χ4v) is 5.28. The summed E-state index contributed by atoms with van der Waals surface area (Å²) in [6, 6.07) is 30.7. The molecule has 0 saturated carbocycles. The summed E-state index contributed by atoms with van der Waals surface area (Å²) in [6.07, 6.45) is 3.75. The zero-order valence-electron chi connectivity index (χ0n) is 18.8. The molecule has 2 heterocycles. The minimum atomic E-state index is -0.358. The number of nitrogens with zero attached hydrogens (tertiary/aromatic N) is 1. The lowest BCUT2D eigenvalue weighted by molar-refractivity contribution is 0.396. The Morgan fingerprint density at radius 3 is 1.91 bits per heavy atom. The number of nitrogens with one attached hydrogen (secondary N) is 1. The van der Waals surface area contributed by atoms with Gasteiger partial charge in [0.1, 0.15) is 5.82 Å². The van der Waals surface area contributed by atoms with Crippen molar-refractivity contribution in [3.05, 3.63) is 138 Å². The first-order chi connectivity index (χ1) is 16.1. The predicted molar refractivity (Wildman–Crippen MR) is 136 cm³/mol. The second-order valence-electron chi connectivity index (χ2n) is 9.10. The minimum absolute atomic E-state index is 0.258. The maximum atomic E-state index is 13.9. The lowest BCUT2D eigenvalue weighted by atomic mass is 9.43. The van der Waals surface area contributed by atoms with Crippen molar-refractivity contribution >= 4 is 12.2 Å². The summed E-state index contributed by atoms with van der Waals surface area (Å²) in [5.74, 6) is 1.31. The summed E-state index contributed by atoms with van der Waals surface area (Å²) in [5.41, 5.74) is 5.61. The summed E-state index contributed by atoms with van der Waals surface area (Å²) in [4.78, 5) is 1.78. The van der Waals surface area contributed by atoms with Gasteiger partial charge in [-0.2, -0.15) is 0 Å². The molecule has 4 heteroatoms. The molecule has 3 aromatic rings. The van der Waals surface area contributed by atoms with Crippen LogP contribution < -0.4 is 10.8 Å². The Kier molecular flexibility index (Phi) is 5.91. The molecule has 2 atom stereocenters. The molecule has 1 saturated heterocycles. The van der Waals surface area contributed by atoms with E-state index in [4.69, 9.17) is 0 Å². The van der Waals surface area contributed by atoms with Crippen LogP contribution in [0.3, 0.4) is 0 Å². The molecular weight excluding hydrogens is 406 g/mol. The number of hydrogen-bond donors (Lipinski definition) is 1. The zero-order valence-corrected chi connectivity index (χ0v) is 18.8. The van der Waals surface area contributed by atoms with Crippen LogP contribution in [-0.2, 0) is 6.54 Å². The third-order valence-electron chi connectivity index (χ3n) is 7.02. The number of rotatable bonds is 5. The highest BCUT2D eigenvalue weighted by Gasteiger charge is 2.38. The lowest BCUT2D eigenvalue weighted by Gasteiger charge is -2.28. The Hall–Kier alpha value is -3.53. The monoisotopic (exact) mass is 434 g/mol. The Bertz CT molecular complexity index is 1120. The van der Waals surface area contributed by atoms with Gasteiger partial charge in [0.15, 0.2) is 12.5 Å². The number of allylic oxidation sites excluding steroid dienone is 1. The largest absolute Gasteiger partial charge is 0.340 e. The van der Waals surface area contributed by atoms with Crippen molar-refractivity contribution in [3.63, 3.8) is 0 Å². The van der Waals surface area contributed by atoms with Gasteiger partial charge < -0.3 is 10.2 Å². The van der Waals surface area contributed by atoms with Gasteiger partial charge >= 0.3 is 0 Å². The standard InChI is InChI=1S/C29H28BFN2/c1-21-29(31)20-33(22(2)32-21)19-23-13-15-26(16-14-23)30-17-27(24-9-5-3-6-10-24)28(18-30)25-11-7-4-8-12-25/h3-16,20,27-28,32H,1-2,17-19H2. The van der Waals surface area contributed by atoms with E-state index in [-0.39, 0.29) is 11.5 Å². The summed E-state index contributed by atoms with van der Waals surface area (Å²) in [6.45, 7) is 8.71. The molecule has 5 rings (SSSR count). The molecule has 0 bridgehead atoms. The average Bonchev–Trinajstić information content (AvgIpc) is 3.30. The van der Waals surface area contributed by atoms with Crippen LogP contribution in [-0.4, -0.2) is 11.6 Å². The van der Waals surface area contributed by atoms with E-state index >= 15 is 0 Å². The fraction of sp³-hybridized carbons (Fsp3) is 0.172. The van der Waals surface area contributed by atoms with E-state index in [9.17, 15) is 4.39 Å². The van der Waals surface area contributed by atoms with E-state index in [1.165, 1.54) is 22.8 Å². The van der Waals surface area contributed by atoms with E-state index in [2.05, 4.69) is 103 Å². The molecule has 0 aromatic heterocycles. The van der Waals surface area contributed by atoms with Gasteiger partial charge in [-0.15, -0.1) is 0 Å². The Labute approximate surface area is 196 Å². The molecule has 0 aliphatic carbocycles. The predicted octanol–water partition coefficient (Wildman–Crippen LogP) is 6.17. The van der Waals surface area contributed by atoms with Crippen LogP contribution in [0.25, 0.3) is 0 Å². The van der Waals surface area contributed by atoms with Crippen molar-refractivity contribution in [2.75, 3.05) is 0 Å². The molecule has 1 fully saturated rings. The van der Waals surface area contributed by atoms with Gasteiger partial charge in [0.05, 0.1) is 5.70 Å². The van der Waals surface area contributed by atoms with Crippen molar-refractivity contribution in [3.8, 4) is 0 Å². The van der Waals surface area contributed by atoms with E-state index in [0.29, 0.717) is 30.9 Å². The highest BCUT2D eigenvalue weighted by Crippen LogP contribution is 2.46. The van der Waals surface area contributed by atoms with Crippen LogP contribution in [0.2, 0.25) is 12.6 Å². The van der Waals surface area contributed by atoms with Gasteiger partial charge in [0.2, 0.25) is 0 Å². The molecule has 2 nitrogen and oxygen atoms in total. The number of benzene rings is 3. The summed E-state index contributed by atoms with van der Waals surface area (Å²) >= 11 is 0. The van der Waals surface area contributed by atoms with E-state index in [1.54, 1.807) is 4.90 Å². The van der Waals surface area contributed by atoms with Crippen LogP contribution in [0.15, 0.2) is 122 Å². The molecule has 0 amide bonds. The van der Waals surface area contributed by atoms with Gasteiger partial charge in [0.25, 0.3) is 0 Å². The van der Waals surface area contributed by atoms with E-state index < -0.39 is 0 Å². The number of hydrogen-bond acceptors (Lipinski definition) is 2. The highest BCUT2D eigenvalue weighted by molar-refractivity contribution is 6.74. The Morgan fingerprint density at radius 1 is 0.818 bits per heavy atom. The van der Waals surface area contributed by atoms with Crippen molar-refractivity contribution in [2.24, 2.45) is 0 Å². The molecule has 2 aliphatic rings. The summed E-state index contributed by atoms with van der Waals surface area (Å²) < 4.78 is 13.9. The van der Waals surface area contributed by atoms with Gasteiger partial charge in [-0.25, -0.2) is 4.39 Å². The van der Waals surface area contributed by atoms with Crippen molar-refractivity contribution in [1.82, 2.24) is 10.2 Å². The van der Waals surface area contributed by atoms with Crippen molar-refractivity contribution in [1.29, 1.82) is 0 Å². The summed E-state index contributed by atoms with van der Waals surface area (Å²) in [7, 11) is 0. The molecule has 2 aliphatic heterocycles. The molecule has 0 radical (unpaired) electrons. The van der Waals surface area contributed by atoms with Gasteiger partial charge in [-0.3, -0.25) is 0 Å². The molecule has 33 heavy (non-hydrogen) atoms. The molecule has 2 unspecified atom stereocenters. The smallest absolute Gasteiger partial charge is 0.177 e. The molecule has 164 valence electrons. The maximum absolute atomic E-state index is 13.9. The average molecular weight is 434 g/mol. The van der Waals surface area contributed by atoms with Gasteiger partial charge in [0, 0.05) is 12.7 Å². The van der Waals surface area contributed by atoms with Crippen molar-refractivity contribution < 1.29 is 4.39 Å². The zero-order chi connectivity index (χ0) is 22.8. The highest BCUT2D eigenvalue weighted by atomic mass is 19.1. The first kappa shape index (κ1) is 21.3. The van der Waals surface area contributed by atoms with Crippen LogP contribution in [0.4, 0.5) is 4.39 Å². The third-order valence-corrected chi connectivity index (χ3v) is 7.02. The first-order valence-electron chi connectivity index (χ1n) is 11.6. The first-order valence-corrected chi connectivity index (χ1v) is 11.6. The third kappa shape index (κ3) is 4.52. The minimum Gasteiger partial charge on any atom is -0.340 e. The van der Waals surface area contributed by atoms with Gasteiger partial charge in [-0.1, -0.05) is 116 Å².